The van der Waals surface area contributed by atoms with Gasteiger partial charge in [0.1, 0.15) is 0 Å². The maximum absolute atomic E-state index is 10.7. The number of aliphatic hydroxyl groups is 1. The van der Waals surface area contributed by atoms with Crippen LogP contribution in [0.4, 0.5) is 0 Å². The van der Waals surface area contributed by atoms with Crippen molar-refractivity contribution in [3.05, 3.63) is 34.9 Å². The highest BCUT2D eigenvalue weighted by molar-refractivity contribution is 5.72. The van der Waals surface area contributed by atoms with Crippen molar-refractivity contribution in [1.82, 2.24) is 5.32 Å². The molecule has 0 aromatic heterocycles. The second kappa shape index (κ2) is 4.94. The number of benzene rings is 1. The maximum Gasteiger partial charge on any atom is 0.216 e. The van der Waals surface area contributed by atoms with E-state index in [2.05, 4.69) is 5.32 Å². The van der Waals surface area contributed by atoms with Crippen molar-refractivity contribution in [2.75, 3.05) is 6.54 Å². The van der Waals surface area contributed by atoms with Crippen LogP contribution in [0.15, 0.2) is 18.2 Å². The summed E-state index contributed by atoms with van der Waals surface area (Å²) in [6, 6.07) is 5.92. The van der Waals surface area contributed by atoms with Gasteiger partial charge in [0.2, 0.25) is 5.91 Å². The van der Waals surface area contributed by atoms with Crippen LogP contribution in [0.25, 0.3) is 0 Å². The molecule has 82 valence electrons. The lowest BCUT2D eigenvalue weighted by molar-refractivity contribution is -0.119. The van der Waals surface area contributed by atoms with Gasteiger partial charge in [-0.2, -0.15) is 0 Å². The summed E-state index contributed by atoms with van der Waals surface area (Å²) in [6.45, 7) is 5.63. The number of carbonyl (C=O) groups is 1. The zero-order valence-electron chi connectivity index (χ0n) is 9.37. The highest BCUT2D eigenvalue weighted by Gasteiger charge is 2.10. The van der Waals surface area contributed by atoms with Gasteiger partial charge >= 0.3 is 0 Å². The Morgan fingerprint density at radius 1 is 1.47 bits per heavy atom. The van der Waals surface area contributed by atoms with Gasteiger partial charge in [-0.05, 0) is 25.0 Å². The smallest absolute Gasteiger partial charge is 0.216 e. The molecule has 3 nitrogen and oxygen atoms in total. The van der Waals surface area contributed by atoms with Crippen LogP contribution in [0.3, 0.4) is 0 Å². The number of hydrogen-bond donors (Lipinski definition) is 2. The summed E-state index contributed by atoms with van der Waals surface area (Å²) in [6.07, 6.45) is -0.631. The summed E-state index contributed by atoms with van der Waals surface area (Å²) in [4.78, 5) is 10.7. The molecule has 0 fully saturated rings. The van der Waals surface area contributed by atoms with E-state index in [1.54, 1.807) is 0 Å². The topological polar surface area (TPSA) is 49.3 Å². The predicted molar refractivity (Wildman–Crippen MR) is 59.6 cm³/mol. The van der Waals surface area contributed by atoms with Crippen LogP contribution >= 0.6 is 0 Å². The fourth-order valence-corrected chi connectivity index (χ4v) is 1.47. The monoisotopic (exact) mass is 207 g/mol. The Kier molecular flexibility index (Phi) is 3.86. The van der Waals surface area contributed by atoms with Gasteiger partial charge in [-0.3, -0.25) is 4.79 Å². The van der Waals surface area contributed by atoms with E-state index >= 15 is 0 Å². The summed E-state index contributed by atoms with van der Waals surface area (Å²) in [7, 11) is 0. The molecule has 1 atom stereocenters. The second-order valence-corrected chi connectivity index (χ2v) is 3.81. The van der Waals surface area contributed by atoms with E-state index in [0.717, 1.165) is 16.7 Å². The van der Waals surface area contributed by atoms with Crippen molar-refractivity contribution in [1.29, 1.82) is 0 Å². The Hall–Kier alpha value is -1.35. The van der Waals surface area contributed by atoms with Gasteiger partial charge in [-0.15, -0.1) is 0 Å². The minimum absolute atomic E-state index is 0.126. The average Bonchev–Trinajstić information content (AvgIpc) is 2.18. The standard InChI is InChI=1S/C12H17NO2/c1-8-4-5-9(2)11(6-8)12(15)7-13-10(3)14/h4-6,12,15H,7H2,1-3H3,(H,13,14). The minimum atomic E-state index is -0.631. The fourth-order valence-electron chi connectivity index (χ4n) is 1.47. The van der Waals surface area contributed by atoms with E-state index in [-0.39, 0.29) is 12.5 Å². The molecule has 0 aliphatic rings. The van der Waals surface area contributed by atoms with Crippen molar-refractivity contribution in [3.63, 3.8) is 0 Å². The lowest BCUT2D eigenvalue weighted by Gasteiger charge is -2.14. The fraction of sp³-hybridized carbons (Fsp3) is 0.417. The van der Waals surface area contributed by atoms with Crippen LogP contribution in [0, 0.1) is 13.8 Å². The molecule has 0 saturated heterocycles. The first-order valence-corrected chi connectivity index (χ1v) is 5.00. The number of hydrogen-bond acceptors (Lipinski definition) is 2. The average molecular weight is 207 g/mol. The lowest BCUT2D eigenvalue weighted by atomic mass is 10.0. The molecule has 1 unspecified atom stereocenters. The largest absolute Gasteiger partial charge is 0.387 e. The van der Waals surface area contributed by atoms with Crippen LogP contribution in [-0.2, 0) is 4.79 Å². The molecule has 15 heavy (non-hydrogen) atoms. The molecular weight excluding hydrogens is 190 g/mol. The van der Waals surface area contributed by atoms with E-state index in [1.807, 2.05) is 32.0 Å². The Morgan fingerprint density at radius 3 is 2.73 bits per heavy atom. The summed E-state index contributed by atoms with van der Waals surface area (Å²) in [5.41, 5.74) is 3.03. The molecule has 1 rings (SSSR count). The molecule has 0 radical (unpaired) electrons. The Labute approximate surface area is 90.1 Å². The molecule has 0 aliphatic carbocycles. The first kappa shape index (κ1) is 11.7. The highest BCUT2D eigenvalue weighted by atomic mass is 16.3. The molecule has 1 aromatic carbocycles. The summed E-state index contributed by atoms with van der Waals surface area (Å²) < 4.78 is 0. The third kappa shape index (κ3) is 3.36. The Morgan fingerprint density at radius 2 is 2.13 bits per heavy atom. The number of rotatable bonds is 3. The molecule has 0 saturated carbocycles. The SMILES string of the molecule is CC(=O)NCC(O)c1cc(C)ccc1C. The van der Waals surface area contributed by atoms with Crippen LogP contribution in [0.5, 0.6) is 0 Å². The maximum atomic E-state index is 10.7. The first-order chi connectivity index (χ1) is 7.00. The van der Waals surface area contributed by atoms with Gasteiger partial charge in [0.25, 0.3) is 0 Å². The second-order valence-electron chi connectivity index (χ2n) is 3.81. The number of carbonyl (C=O) groups excluding carboxylic acids is 1. The van der Waals surface area contributed by atoms with E-state index in [0.29, 0.717) is 0 Å². The van der Waals surface area contributed by atoms with Crippen molar-refractivity contribution < 1.29 is 9.90 Å². The normalized spacial score (nSPS) is 12.3. The molecule has 2 N–H and O–H groups in total. The summed E-state index contributed by atoms with van der Waals surface area (Å²) >= 11 is 0. The molecule has 0 spiro atoms. The first-order valence-electron chi connectivity index (χ1n) is 5.00. The van der Waals surface area contributed by atoms with Gasteiger partial charge < -0.3 is 10.4 Å². The molecule has 0 bridgehead atoms. The van der Waals surface area contributed by atoms with Gasteiger partial charge in [-0.25, -0.2) is 0 Å². The zero-order valence-corrected chi connectivity index (χ0v) is 9.37. The van der Waals surface area contributed by atoms with Crippen LogP contribution in [0.2, 0.25) is 0 Å². The predicted octanol–water partition coefficient (Wildman–Crippen LogP) is 1.47. The van der Waals surface area contributed by atoms with Crippen LogP contribution in [-0.4, -0.2) is 17.6 Å². The molecule has 1 aromatic rings. The van der Waals surface area contributed by atoms with Gasteiger partial charge in [0, 0.05) is 13.5 Å². The number of nitrogens with one attached hydrogen (secondary N) is 1. The highest BCUT2D eigenvalue weighted by Crippen LogP contribution is 2.18. The van der Waals surface area contributed by atoms with E-state index in [9.17, 15) is 9.90 Å². The Balaban J connectivity index is 2.76. The van der Waals surface area contributed by atoms with Gasteiger partial charge in [0.15, 0.2) is 0 Å². The van der Waals surface area contributed by atoms with Gasteiger partial charge in [-0.1, -0.05) is 23.8 Å². The van der Waals surface area contributed by atoms with Crippen molar-refractivity contribution >= 4 is 5.91 Å². The van der Waals surface area contributed by atoms with Crippen LogP contribution in [0.1, 0.15) is 29.7 Å². The van der Waals surface area contributed by atoms with Crippen LogP contribution < -0.4 is 5.32 Å². The quantitative estimate of drug-likeness (QED) is 0.788. The van der Waals surface area contributed by atoms with E-state index in [1.165, 1.54) is 6.92 Å². The molecule has 1 amide bonds. The summed E-state index contributed by atoms with van der Waals surface area (Å²) in [5.74, 6) is -0.126. The van der Waals surface area contributed by atoms with Crippen molar-refractivity contribution in [2.45, 2.75) is 26.9 Å². The third-order valence-corrected chi connectivity index (χ3v) is 2.34. The number of aryl methyl sites for hydroxylation is 2. The molecule has 0 heterocycles. The summed E-state index contributed by atoms with van der Waals surface area (Å²) in [5, 5.41) is 12.5. The molecule has 3 heteroatoms. The van der Waals surface area contributed by atoms with E-state index < -0.39 is 6.10 Å². The molecular formula is C12H17NO2. The van der Waals surface area contributed by atoms with Crippen molar-refractivity contribution in [2.24, 2.45) is 0 Å². The van der Waals surface area contributed by atoms with E-state index in [4.69, 9.17) is 0 Å². The van der Waals surface area contributed by atoms with Crippen molar-refractivity contribution in [3.8, 4) is 0 Å². The Bertz CT molecular complexity index is 361. The lowest BCUT2D eigenvalue weighted by Crippen LogP contribution is -2.26. The number of aliphatic hydroxyl groups excluding tert-OH is 1. The number of amides is 1. The third-order valence-electron chi connectivity index (χ3n) is 2.34. The van der Waals surface area contributed by atoms with Gasteiger partial charge in [0.05, 0.1) is 6.10 Å². The molecule has 0 aliphatic heterocycles. The zero-order chi connectivity index (χ0) is 11.4. The minimum Gasteiger partial charge on any atom is -0.387 e.